The number of hydrogen-bond acceptors (Lipinski definition) is 3. The molecular formula is C15H21N3O. The molecule has 4 nitrogen and oxygen atoms in total. The zero-order valence-corrected chi connectivity index (χ0v) is 11.8. The molecule has 0 atom stereocenters. The fraction of sp³-hybridized carbons (Fsp3) is 0.533. The van der Waals surface area contributed by atoms with Gasteiger partial charge in [-0.05, 0) is 44.2 Å². The third-order valence-corrected chi connectivity index (χ3v) is 3.78. The van der Waals surface area contributed by atoms with E-state index in [4.69, 9.17) is 10.5 Å². The van der Waals surface area contributed by atoms with E-state index in [0.29, 0.717) is 11.4 Å². The average molecular weight is 259 g/mol. The van der Waals surface area contributed by atoms with Crippen LogP contribution in [0.2, 0.25) is 0 Å². The number of fused-ring (bicyclic) bond motifs is 1. The van der Waals surface area contributed by atoms with Crippen LogP contribution in [-0.4, -0.2) is 15.7 Å². The Kier molecular flexibility index (Phi) is 2.69. The number of aromatic nitrogens is 2. The van der Waals surface area contributed by atoms with E-state index in [9.17, 15) is 0 Å². The number of imidazole rings is 1. The van der Waals surface area contributed by atoms with E-state index < -0.39 is 0 Å². The van der Waals surface area contributed by atoms with Gasteiger partial charge in [-0.25, -0.2) is 4.98 Å². The lowest BCUT2D eigenvalue weighted by Crippen LogP contribution is -2.10. The standard InChI is InChI=1S/C15H21N3O/c1-10(2)19-12-6-4-5-11-13(12)17-14(16)18(11)9-15(3)7-8-15/h4-6,10H,7-9H2,1-3H3,(H2,16,17). The number of rotatable bonds is 4. The highest BCUT2D eigenvalue weighted by atomic mass is 16.5. The SMILES string of the molecule is CC(C)Oc1cccc2c1nc(N)n2CC1(C)CC1. The van der Waals surface area contributed by atoms with Crippen LogP contribution in [0, 0.1) is 5.41 Å². The molecule has 0 amide bonds. The van der Waals surface area contributed by atoms with Gasteiger partial charge in [0.2, 0.25) is 5.95 Å². The summed E-state index contributed by atoms with van der Waals surface area (Å²) < 4.78 is 7.93. The third kappa shape index (κ3) is 2.27. The van der Waals surface area contributed by atoms with Gasteiger partial charge in [-0.3, -0.25) is 0 Å². The van der Waals surface area contributed by atoms with E-state index in [-0.39, 0.29) is 6.10 Å². The number of nitrogens with two attached hydrogens (primary N) is 1. The molecule has 1 saturated carbocycles. The molecule has 0 saturated heterocycles. The van der Waals surface area contributed by atoms with E-state index in [1.165, 1.54) is 12.8 Å². The lowest BCUT2D eigenvalue weighted by Gasteiger charge is -2.13. The molecule has 102 valence electrons. The fourth-order valence-electron chi connectivity index (χ4n) is 2.41. The smallest absolute Gasteiger partial charge is 0.201 e. The van der Waals surface area contributed by atoms with Gasteiger partial charge < -0.3 is 15.0 Å². The summed E-state index contributed by atoms with van der Waals surface area (Å²) in [5, 5.41) is 0. The van der Waals surface area contributed by atoms with E-state index in [1.54, 1.807) is 0 Å². The first kappa shape index (κ1) is 12.3. The van der Waals surface area contributed by atoms with Crippen molar-refractivity contribution in [1.82, 2.24) is 9.55 Å². The van der Waals surface area contributed by atoms with Crippen molar-refractivity contribution in [2.45, 2.75) is 46.3 Å². The number of anilines is 1. The van der Waals surface area contributed by atoms with Gasteiger partial charge in [0, 0.05) is 6.54 Å². The second kappa shape index (κ2) is 4.15. The number of para-hydroxylation sites is 1. The highest BCUT2D eigenvalue weighted by Crippen LogP contribution is 2.47. The van der Waals surface area contributed by atoms with E-state index in [1.807, 2.05) is 26.0 Å². The van der Waals surface area contributed by atoms with Crippen molar-refractivity contribution in [2.24, 2.45) is 5.41 Å². The van der Waals surface area contributed by atoms with Crippen molar-refractivity contribution in [1.29, 1.82) is 0 Å². The first-order valence-electron chi connectivity index (χ1n) is 6.90. The molecule has 0 aliphatic heterocycles. The summed E-state index contributed by atoms with van der Waals surface area (Å²) in [6.45, 7) is 7.28. The summed E-state index contributed by atoms with van der Waals surface area (Å²) in [4.78, 5) is 4.49. The molecule has 1 aliphatic carbocycles. The molecule has 0 spiro atoms. The maximum absolute atomic E-state index is 6.08. The number of nitrogen functional groups attached to an aromatic ring is 1. The van der Waals surface area contributed by atoms with E-state index >= 15 is 0 Å². The number of nitrogens with zero attached hydrogens (tertiary/aromatic N) is 2. The molecule has 1 aromatic carbocycles. The largest absolute Gasteiger partial charge is 0.489 e. The van der Waals surface area contributed by atoms with E-state index in [0.717, 1.165) is 23.3 Å². The fourth-order valence-corrected chi connectivity index (χ4v) is 2.41. The minimum atomic E-state index is 0.137. The Morgan fingerprint density at radius 3 is 2.79 bits per heavy atom. The summed E-state index contributed by atoms with van der Waals surface area (Å²) in [6, 6.07) is 6.03. The molecule has 0 radical (unpaired) electrons. The van der Waals surface area contributed by atoms with Crippen molar-refractivity contribution >= 4 is 17.0 Å². The number of benzene rings is 1. The molecule has 1 fully saturated rings. The second-order valence-corrected chi connectivity index (χ2v) is 6.16. The Bertz CT molecular complexity index is 611. The Balaban J connectivity index is 2.06. The summed E-state index contributed by atoms with van der Waals surface area (Å²) in [6.07, 6.45) is 2.68. The van der Waals surface area contributed by atoms with Crippen LogP contribution in [0.1, 0.15) is 33.6 Å². The van der Waals surface area contributed by atoms with Crippen LogP contribution < -0.4 is 10.5 Å². The van der Waals surface area contributed by atoms with Gasteiger partial charge in [-0.15, -0.1) is 0 Å². The van der Waals surface area contributed by atoms with Crippen LogP contribution in [0.15, 0.2) is 18.2 Å². The molecule has 0 unspecified atom stereocenters. The first-order valence-corrected chi connectivity index (χ1v) is 6.90. The molecule has 1 aliphatic rings. The highest BCUT2D eigenvalue weighted by molar-refractivity contribution is 5.84. The third-order valence-electron chi connectivity index (χ3n) is 3.78. The monoisotopic (exact) mass is 259 g/mol. The quantitative estimate of drug-likeness (QED) is 0.917. The van der Waals surface area contributed by atoms with Gasteiger partial charge >= 0.3 is 0 Å². The Morgan fingerprint density at radius 1 is 1.42 bits per heavy atom. The zero-order chi connectivity index (χ0) is 13.6. The minimum absolute atomic E-state index is 0.137. The maximum atomic E-state index is 6.08. The van der Waals surface area contributed by atoms with Crippen LogP contribution in [0.3, 0.4) is 0 Å². The molecule has 19 heavy (non-hydrogen) atoms. The topological polar surface area (TPSA) is 53.1 Å². The van der Waals surface area contributed by atoms with Crippen molar-refractivity contribution in [3.63, 3.8) is 0 Å². The molecule has 1 aromatic heterocycles. The van der Waals surface area contributed by atoms with Crippen molar-refractivity contribution in [3.05, 3.63) is 18.2 Å². The lowest BCUT2D eigenvalue weighted by molar-refractivity contribution is 0.245. The van der Waals surface area contributed by atoms with Gasteiger partial charge in [0.15, 0.2) is 0 Å². The molecule has 2 N–H and O–H groups in total. The molecular weight excluding hydrogens is 238 g/mol. The average Bonchev–Trinajstić information content (AvgIpc) is 2.97. The van der Waals surface area contributed by atoms with Gasteiger partial charge in [0.1, 0.15) is 11.3 Å². The summed E-state index contributed by atoms with van der Waals surface area (Å²) in [5.41, 5.74) is 8.43. The van der Waals surface area contributed by atoms with Crippen LogP contribution in [-0.2, 0) is 6.54 Å². The van der Waals surface area contributed by atoms with Crippen molar-refractivity contribution < 1.29 is 4.74 Å². The van der Waals surface area contributed by atoms with Gasteiger partial charge in [-0.2, -0.15) is 0 Å². The van der Waals surface area contributed by atoms with E-state index in [2.05, 4.69) is 22.5 Å². The highest BCUT2D eigenvalue weighted by Gasteiger charge is 2.38. The maximum Gasteiger partial charge on any atom is 0.201 e. The summed E-state index contributed by atoms with van der Waals surface area (Å²) in [7, 11) is 0. The molecule has 2 aromatic rings. The summed E-state index contributed by atoms with van der Waals surface area (Å²) >= 11 is 0. The predicted octanol–water partition coefficient (Wildman–Crippen LogP) is 3.21. The second-order valence-electron chi connectivity index (χ2n) is 6.16. The summed E-state index contributed by atoms with van der Waals surface area (Å²) in [5.74, 6) is 1.40. The normalized spacial score (nSPS) is 17.1. The zero-order valence-electron chi connectivity index (χ0n) is 11.8. The van der Waals surface area contributed by atoms with Crippen LogP contribution in [0.25, 0.3) is 11.0 Å². The van der Waals surface area contributed by atoms with Crippen molar-refractivity contribution in [2.75, 3.05) is 5.73 Å². The Labute approximate surface area is 113 Å². The molecule has 4 heteroatoms. The van der Waals surface area contributed by atoms with Crippen LogP contribution >= 0.6 is 0 Å². The molecule has 1 heterocycles. The minimum Gasteiger partial charge on any atom is -0.489 e. The first-order chi connectivity index (χ1) is 8.98. The number of ether oxygens (including phenoxy) is 1. The number of hydrogen-bond donors (Lipinski definition) is 1. The van der Waals surface area contributed by atoms with Gasteiger partial charge in [0.05, 0.1) is 11.6 Å². The van der Waals surface area contributed by atoms with Crippen LogP contribution in [0.5, 0.6) is 5.75 Å². The molecule has 3 rings (SSSR count). The van der Waals surface area contributed by atoms with Crippen LogP contribution in [0.4, 0.5) is 5.95 Å². The Hall–Kier alpha value is -1.71. The Morgan fingerprint density at radius 2 is 2.16 bits per heavy atom. The lowest BCUT2D eigenvalue weighted by atomic mass is 10.1. The van der Waals surface area contributed by atoms with Crippen molar-refractivity contribution in [3.8, 4) is 5.75 Å². The van der Waals surface area contributed by atoms with Gasteiger partial charge in [0.25, 0.3) is 0 Å². The van der Waals surface area contributed by atoms with Gasteiger partial charge in [-0.1, -0.05) is 13.0 Å². The predicted molar refractivity (Wildman–Crippen MR) is 77.3 cm³/mol. The molecule has 0 bridgehead atoms.